The monoisotopic (exact) mass is 641 g/mol. The first-order chi connectivity index (χ1) is 22.8. The van der Waals surface area contributed by atoms with Crippen LogP contribution in [0, 0.1) is 23.0 Å². The molecule has 0 saturated carbocycles. The van der Waals surface area contributed by atoms with Gasteiger partial charge in [0.15, 0.2) is 17.4 Å². The molecule has 0 unspecified atom stereocenters. The molecule has 13 heteroatoms. The highest BCUT2D eigenvalue weighted by molar-refractivity contribution is 5.80. The second kappa shape index (κ2) is 14.0. The highest BCUT2D eigenvalue weighted by atomic mass is 19.1. The molecule has 1 N–H and O–H groups in total. The number of nitrogens with zero attached hydrogens (tertiary/aromatic N) is 7. The molecule has 242 valence electrons. The molecule has 3 aromatic heterocycles. The molecule has 47 heavy (non-hydrogen) atoms. The Kier molecular flexibility index (Phi) is 9.40. The van der Waals surface area contributed by atoms with E-state index >= 15 is 4.39 Å². The maximum atomic E-state index is 15.2. The number of carboxylic acid groups (broad SMARTS) is 1. The standard InChI is InChI=1S/C34H33F2N7O4/c1-2-42-21-38-17-25(42)18-43-29-14-23(15-33(44)45)13-28(36)34(29)40-31(43)19-41-10-8-26(9-11-41)47-32-5-3-4-24(39-32)20-46-30-7-6-22(16-37)12-27(30)35/h3-7,12-14,17,21,26H,2,8-11,15,18-20H2,1H3,(H,44,45). The van der Waals surface area contributed by atoms with Crippen molar-refractivity contribution in [1.29, 1.82) is 5.26 Å². The fourth-order valence-electron chi connectivity index (χ4n) is 5.78. The number of halogens is 2. The number of ether oxygens (including phenoxy) is 2. The van der Waals surface area contributed by atoms with E-state index in [1.165, 1.54) is 18.2 Å². The van der Waals surface area contributed by atoms with Gasteiger partial charge in [-0.05, 0) is 61.7 Å². The van der Waals surface area contributed by atoms with E-state index in [4.69, 9.17) is 19.7 Å². The molecule has 1 aliphatic heterocycles. The van der Waals surface area contributed by atoms with Gasteiger partial charge in [0.2, 0.25) is 5.88 Å². The molecule has 2 aromatic carbocycles. The van der Waals surface area contributed by atoms with Crippen molar-refractivity contribution in [3.05, 3.63) is 101 Å². The second-order valence-electron chi connectivity index (χ2n) is 11.4. The van der Waals surface area contributed by atoms with E-state index in [0.29, 0.717) is 54.7 Å². The van der Waals surface area contributed by atoms with Gasteiger partial charge in [-0.3, -0.25) is 9.69 Å². The average Bonchev–Trinajstić information content (AvgIpc) is 3.65. The summed E-state index contributed by atoms with van der Waals surface area (Å²) >= 11 is 0. The molecule has 6 rings (SSSR count). The summed E-state index contributed by atoms with van der Waals surface area (Å²) < 4.78 is 45.1. The second-order valence-corrected chi connectivity index (χ2v) is 11.4. The number of rotatable bonds is 12. The van der Waals surface area contributed by atoms with Crippen molar-refractivity contribution in [3.8, 4) is 17.7 Å². The molecule has 0 amide bonds. The van der Waals surface area contributed by atoms with Crippen molar-refractivity contribution >= 4 is 17.0 Å². The van der Waals surface area contributed by atoms with Crippen molar-refractivity contribution < 1.29 is 28.2 Å². The van der Waals surface area contributed by atoms with E-state index < -0.39 is 17.6 Å². The quantitative estimate of drug-likeness (QED) is 0.198. The first kappa shape index (κ1) is 31.6. The number of aromatic nitrogens is 5. The minimum absolute atomic E-state index is 0.0386. The van der Waals surface area contributed by atoms with Gasteiger partial charge in [0, 0.05) is 31.9 Å². The highest BCUT2D eigenvalue weighted by Gasteiger charge is 2.24. The Morgan fingerprint density at radius 2 is 1.91 bits per heavy atom. The van der Waals surface area contributed by atoms with Gasteiger partial charge >= 0.3 is 5.97 Å². The molecule has 0 spiro atoms. The Labute approximate surface area is 269 Å². The molecule has 0 atom stereocenters. The number of hydrogen-bond donors (Lipinski definition) is 1. The van der Waals surface area contributed by atoms with Crippen molar-refractivity contribution in [2.24, 2.45) is 0 Å². The highest BCUT2D eigenvalue weighted by Crippen LogP contribution is 2.26. The van der Waals surface area contributed by atoms with E-state index in [0.717, 1.165) is 31.1 Å². The fraction of sp³-hybridized carbons (Fsp3) is 0.324. The van der Waals surface area contributed by atoms with E-state index in [1.807, 2.05) is 22.1 Å². The third kappa shape index (κ3) is 7.39. The molecule has 11 nitrogen and oxygen atoms in total. The van der Waals surface area contributed by atoms with Gasteiger partial charge in [-0.1, -0.05) is 6.07 Å². The lowest BCUT2D eigenvalue weighted by atomic mass is 10.1. The maximum absolute atomic E-state index is 15.2. The van der Waals surface area contributed by atoms with Gasteiger partial charge in [0.1, 0.15) is 24.1 Å². The van der Waals surface area contributed by atoms with E-state index in [1.54, 1.807) is 36.8 Å². The average molecular weight is 642 g/mol. The summed E-state index contributed by atoms with van der Waals surface area (Å²) in [5.41, 5.74) is 2.87. The number of fused-ring (bicyclic) bond motifs is 1. The summed E-state index contributed by atoms with van der Waals surface area (Å²) in [7, 11) is 0. The lowest BCUT2D eigenvalue weighted by Crippen LogP contribution is -2.38. The maximum Gasteiger partial charge on any atom is 0.307 e. The minimum atomic E-state index is -1.03. The molecular weight excluding hydrogens is 608 g/mol. The van der Waals surface area contributed by atoms with Gasteiger partial charge in [-0.25, -0.2) is 23.7 Å². The zero-order chi connectivity index (χ0) is 32.9. The molecule has 0 bridgehead atoms. The van der Waals surface area contributed by atoms with Gasteiger partial charge in [-0.15, -0.1) is 0 Å². The number of carboxylic acids is 1. The topological polar surface area (TPSA) is 131 Å². The Balaban J connectivity index is 1.12. The predicted octanol–water partition coefficient (Wildman–Crippen LogP) is 5.10. The van der Waals surface area contributed by atoms with Crippen LogP contribution in [0.1, 0.15) is 48.1 Å². The van der Waals surface area contributed by atoms with Gasteiger partial charge < -0.3 is 23.7 Å². The summed E-state index contributed by atoms with van der Waals surface area (Å²) in [5.74, 6) is -1.01. The SMILES string of the molecule is CCn1cncc1Cn1c(CN2CCC(Oc3cccc(COc4ccc(C#N)cc4F)n3)CC2)nc2c(F)cc(CC(=O)O)cc21. The van der Waals surface area contributed by atoms with Crippen LogP contribution in [0.2, 0.25) is 0 Å². The van der Waals surface area contributed by atoms with Gasteiger partial charge in [-0.2, -0.15) is 5.26 Å². The largest absolute Gasteiger partial charge is 0.484 e. The molecule has 0 aliphatic carbocycles. The molecule has 1 saturated heterocycles. The van der Waals surface area contributed by atoms with Crippen LogP contribution < -0.4 is 9.47 Å². The molecule has 4 heterocycles. The number of aryl methyl sites for hydroxylation is 1. The van der Waals surface area contributed by atoms with Gasteiger partial charge in [0.05, 0.1) is 54.4 Å². The minimum Gasteiger partial charge on any atom is -0.484 e. The third-order valence-corrected chi connectivity index (χ3v) is 8.17. The molecule has 5 aromatic rings. The summed E-state index contributed by atoms with van der Waals surface area (Å²) in [5, 5.41) is 18.2. The van der Waals surface area contributed by atoms with Crippen LogP contribution in [0.15, 0.2) is 61.1 Å². The number of pyridine rings is 1. The van der Waals surface area contributed by atoms with Gasteiger partial charge in [0.25, 0.3) is 0 Å². The number of carbonyl (C=O) groups is 1. The molecular formula is C34H33F2N7O4. The van der Waals surface area contributed by atoms with Crippen LogP contribution in [0.3, 0.4) is 0 Å². The first-order valence-corrected chi connectivity index (χ1v) is 15.3. The van der Waals surface area contributed by atoms with E-state index in [9.17, 15) is 14.3 Å². The molecule has 0 radical (unpaired) electrons. The van der Waals surface area contributed by atoms with E-state index in [-0.39, 0.29) is 36.0 Å². The lowest BCUT2D eigenvalue weighted by Gasteiger charge is -2.31. The third-order valence-electron chi connectivity index (χ3n) is 8.17. The number of nitriles is 1. The van der Waals surface area contributed by atoms with Crippen molar-refractivity contribution in [1.82, 2.24) is 29.0 Å². The zero-order valence-electron chi connectivity index (χ0n) is 25.8. The normalized spacial score (nSPS) is 13.9. The smallest absolute Gasteiger partial charge is 0.307 e. The van der Waals surface area contributed by atoms with E-state index in [2.05, 4.69) is 14.9 Å². The Morgan fingerprint density at radius 3 is 2.66 bits per heavy atom. The first-order valence-electron chi connectivity index (χ1n) is 15.3. The molecule has 1 aliphatic rings. The van der Waals surface area contributed by atoms with Crippen LogP contribution in [0.4, 0.5) is 8.78 Å². The Bertz CT molecular complexity index is 1940. The fourth-order valence-corrected chi connectivity index (χ4v) is 5.78. The zero-order valence-corrected chi connectivity index (χ0v) is 25.8. The number of piperidine rings is 1. The number of imidazole rings is 2. The number of likely N-dealkylation sites (tertiary alicyclic amines) is 1. The summed E-state index contributed by atoms with van der Waals surface area (Å²) in [6.07, 6.45) is 4.65. The number of benzene rings is 2. The van der Waals surface area contributed by atoms with Crippen LogP contribution in [0.5, 0.6) is 11.6 Å². The van der Waals surface area contributed by atoms with Crippen molar-refractivity contribution in [3.63, 3.8) is 0 Å². The number of aliphatic carboxylic acids is 1. The van der Waals surface area contributed by atoms with Crippen LogP contribution in [0.25, 0.3) is 11.0 Å². The van der Waals surface area contributed by atoms with Crippen LogP contribution in [-0.4, -0.2) is 59.3 Å². The number of hydrogen-bond acceptors (Lipinski definition) is 8. The molecule has 1 fully saturated rings. The van der Waals surface area contributed by atoms with Crippen molar-refractivity contribution in [2.75, 3.05) is 13.1 Å². The Hall–Kier alpha value is -5.35. The Morgan fingerprint density at radius 1 is 1.09 bits per heavy atom. The lowest BCUT2D eigenvalue weighted by molar-refractivity contribution is -0.136. The van der Waals surface area contributed by atoms with Crippen LogP contribution in [-0.2, 0) is 37.5 Å². The predicted molar refractivity (Wildman–Crippen MR) is 167 cm³/mol. The summed E-state index contributed by atoms with van der Waals surface area (Å²) in [6, 6.07) is 14.2. The summed E-state index contributed by atoms with van der Waals surface area (Å²) in [6.45, 7) is 5.11. The summed E-state index contributed by atoms with van der Waals surface area (Å²) in [4.78, 5) is 27.1. The van der Waals surface area contributed by atoms with Crippen LogP contribution >= 0.6 is 0 Å². The van der Waals surface area contributed by atoms with Crippen molar-refractivity contribution in [2.45, 2.75) is 58.5 Å².